The molecule has 1 rings (SSSR count). The maximum Gasteiger partial charge on any atom is 0.305 e. The van der Waals surface area contributed by atoms with Gasteiger partial charge in [-0.3, -0.25) is 4.79 Å². The molecule has 0 aromatic carbocycles. The molecule has 0 saturated heterocycles. The predicted molar refractivity (Wildman–Crippen MR) is 98.5 cm³/mol. The van der Waals surface area contributed by atoms with Crippen LogP contribution in [-0.2, 0) is 9.53 Å². The summed E-state index contributed by atoms with van der Waals surface area (Å²) in [5.41, 5.74) is 0. The van der Waals surface area contributed by atoms with Gasteiger partial charge >= 0.3 is 5.97 Å². The Balaban J connectivity index is 1.99. The fourth-order valence-electron chi connectivity index (χ4n) is 4.19. The van der Waals surface area contributed by atoms with Gasteiger partial charge in [0.05, 0.1) is 7.11 Å². The molecule has 0 bridgehead atoms. The molecule has 1 fully saturated rings. The lowest BCUT2D eigenvalue weighted by atomic mass is 9.86. The van der Waals surface area contributed by atoms with Crippen molar-refractivity contribution in [1.29, 1.82) is 0 Å². The van der Waals surface area contributed by atoms with E-state index >= 15 is 0 Å². The number of ether oxygens (including phenoxy) is 1. The van der Waals surface area contributed by atoms with Crippen molar-refractivity contribution in [1.82, 2.24) is 0 Å². The summed E-state index contributed by atoms with van der Waals surface area (Å²) < 4.78 is 4.68. The fraction of sp³-hybridized carbons (Fsp3) is 0.952. The van der Waals surface area contributed by atoms with Crippen LogP contribution in [0.4, 0.5) is 0 Å². The number of carbonyl (C=O) groups is 1. The van der Waals surface area contributed by atoms with Crippen LogP contribution in [0.2, 0.25) is 0 Å². The first kappa shape index (κ1) is 20.5. The van der Waals surface area contributed by atoms with E-state index in [-0.39, 0.29) is 5.97 Å². The highest BCUT2D eigenvalue weighted by molar-refractivity contribution is 5.68. The van der Waals surface area contributed by atoms with Crippen molar-refractivity contribution in [3.63, 3.8) is 0 Å². The van der Waals surface area contributed by atoms with Crippen LogP contribution in [0.3, 0.4) is 0 Å². The molecule has 0 spiro atoms. The predicted octanol–water partition coefficient (Wildman–Crippen LogP) is 6.67. The summed E-state index contributed by atoms with van der Waals surface area (Å²) in [6.07, 6.45) is 21.4. The largest absolute Gasteiger partial charge is 0.469 e. The first-order valence-electron chi connectivity index (χ1n) is 10.3. The first-order valence-corrected chi connectivity index (χ1v) is 10.3. The van der Waals surface area contributed by atoms with Gasteiger partial charge in [-0.05, 0) is 18.3 Å². The Morgan fingerprint density at radius 3 is 1.91 bits per heavy atom. The maximum atomic E-state index is 11.1. The third kappa shape index (κ3) is 10.0. The number of hydrogen-bond acceptors (Lipinski definition) is 2. The van der Waals surface area contributed by atoms with Gasteiger partial charge in [-0.15, -0.1) is 0 Å². The van der Waals surface area contributed by atoms with Crippen molar-refractivity contribution in [2.24, 2.45) is 11.8 Å². The third-order valence-electron chi connectivity index (χ3n) is 5.68. The smallest absolute Gasteiger partial charge is 0.305 e. The maximum absolute atomic E-state index is 11.1. The number of rotatable bonds is 14. The second-order valence-corrected chi connectivity index (χ2v) is 7.54. The Labute approximate surface area is 144 Å². The highest BCUT2D eigenvalue weighted by Gasteiger charge is 2.25. The monoisotopic (exact) mass is 324 g/mol. The van der Waals surface area contributed by atoms with E-state index < -0.39 is 0 Å². The summed E-state index contributed by atoms with van der Waals surface area (Å²) in [6, 6.07) is 0. The Morgan fingerprint density at radius 1 is 0.826 bits per heavy atom. The molecule has 2 nitrogen and oxygen atoms in total. The second kappa shape index (κ2) is 13.9. The van der Waals surface area contributed by atoms with E-state index in [9.17, 15) is 4.79 Å². The first-order chi connectivity index (χ1) is 11.3. The molecule has 23 heavy (non-hydrogen) atoms. The quantitative estimate of drug-likeness (QED) is 0.263. The summed E-state index contributed by atoms with van der Waals surface area (Å²) in [4.78, 5) is 11.1. The summed E-state index contributed by atoms with van der Waals surface area (Å²) in [5.74, 6) is 1.97. The van der Waals surface area contributed by atoms with E-state index in [0.717, 1.165) is 18.3 Å². The number of unbranched alkanes of at least 4 members (excludes halogenated alkanes) is 8. The van der Waals surface area contributed by atoms with E-state index in [4.69, 9.17) is 0 Å². The second-order valence-electron chi connectivity index (χ2n) is 7.54. The highest BCUT2D eigenvalue weighted by Crippen LogP contribution is 2.38. The van der Waals surface area contributed by atoms with Crippen LogP contribution in [0.15, 0.2) is 0 Å². The zero-order valence-electron chi connectivity index (χ0n) is 15.8. The van der Waals surface area contributed by atoms with Crippen LogP contribution in [0, 0.1) is 11.8 Å². The lowest BCUT2D eigenvalue weighted by Crippen LogP contribution is -2.08. The van der Waals surface area contributed by atoms with Gasteiger partial charge in [0.15, 0.2) is 0 Å². The number of methoxy groups -OCH3 is 1. The van der Waals surface area contributed by atoms with Gasteiger partial charge < -0.3 is 4.74 Å². The minimum Gasteiger partial charge on any atom is -0.469 e. The molecule has 0 radical (unpaired) electrons. The van der Waals surface area contributed by atoms with Gasteiger partial charge in [0.1, 0.15) is 0 Å². The van der Waals surface area contributed by atoms with Crippen molar-refractivity contribution in [2.45, 2.75) is 110 Å². The summed E-state index contributed by atoms with van der Waals surface area (Å²) in [7, 11) is 1.48. The van der Waals surface area contributed by atoms with Crippen LogP contribution in [-0.4, -0.2) is 13.1 Å². The zero-order valence-corrected chi connectivity index (χ0v) is 15.8. The molecule has 0 unspecified atom stereocenters. The standard InChI is InChI=1S/C21H40O2/c1-3-4-5-6-7-10-14-19-16-13-17-20(19)15-11-8-9-12-18-21(22)23-2/h19-20H,3-18H2,1-2H3/t19-,20-/m0/s1. The van der Waals surface area contributed by atoms with E-state index in [2.05, 4.69) is 11.7 Å². The van der Waals surface area contributed by atoms with Crippen LogP contribution in [0.1, 0.15) is 110 Å². The lowest BCUT2D eigenvalue weighted by Gasteiger charge is -2.19. The number of carbonyl (C=O) groups excluding carboxylic acids is 1. The SMILES string of the molecule is CCCCCCCC[C@H]1CCC[C@@H]1CCCCCCC(=O)OC. The molecule has 0 aromatic heterocycles. The normalized spacial score (nSPS) is 20.8. The minimum atomic E-state index is -0.0557. The molecule has 1 aliphatic carbocycles. The number of esters is 1. The minimum absolute atomic E-state index is 0.0557. The van der Waals surface area contributed by atoms with E-state index in [0.29, 0.717) is 6.42 Å². The van der Waals surface area contributed by atoms with Crippen LogP contribution in [0.25, 0.3) is 0 Å². The third-order valence-corrected chi connectivity index (χ3v) is 5.68. The van der Waals surface area contributed by atoms with Gasteiger partial charge in [0, 0.05) is 6.42 Å². The molecule has 0 aliphatic heterocycles. The fourth-order valence-corrected chi connectivity index (χ4v) is 4.19. The summed E-state index contributed by atoms with van der Waals surface area (Å²) >= 11 is 0. The van der Waals surface area contributed by atoms with Crippen molar-refractivity contribution >= 4 is 5.97 Å². The molecular weight excluding hydrogens is 284 g/mol. The van der Waals surface area contributed by atoms with Crippen molar-refractivity contribution in [3.05, 3.63) is 0 Å². The molecule has 0 heterocycles. The molecule has 136 valence electrons. The average Bonchev–Trinajstić information content (AvgIpc) is 3.01. The molecule has 2 atom stereocenters. The van der Waals surface area contributed by atoms with Gasteiger partial charge in [-0.1, -0.05) is 96.8 Å². The summed E-state index contributed by atoms with van der Waals surface area (Å²) in [6.45, 7) is 2.29. The Hall–Kier alpha value is -0.530. The molecule has 2 heteroatoms. The van der Waals surface area contributed by atoms with E-state index in [1.165, 1.54) is 97.0 Å². The van der Waals surface area contributed by atoms with Gasteiger partial charge in [0.25, 0.3) is 0 Å². The molecule has 0 N–H and O–H groups in total. The van der Waals surface area contributed by atoms with Gasteiger partial charge in [-0.25, -0.2) is 0 Å². The molecule has 0 aromatic rings. The molecule has 0 amide bonds. The zero-order chi connectivity index (χ0) is 16.8. The van der Waals surface area contributed by atoms with E-state index in [1.54, 1.807) is 0 Å². The summed E-state index contributed by atoms with van der Waals surface area (Å²) in [5, 5.41) is 0. The Kier molecular flexibility index (Phi) is 12.4. The van der Waals surface area contributed by atoms with Crippen LogP contribution in [0.5, 0.6) is 0 Å². The molecular formula is C21H40O2. The van der Waals surface area contributed by atoms with Crippen molar-refractivity contribution in [2.75, 3.05) is 7.11 Å². The van der Waals surface area contributed by atoms with E-state index in [1.807, 2.05) is 0 Å². The van der Waals surface area contributed by atoms with Gasteiger partial charge in [0.2, 0.25) is 0 Å². The van der Waals surface area contributed by atoms with Gasteiger partial charge in [-0.2, -0.15) is 0 Å². The van der Waals surface area contributed by atoms with Crippen molar-refractivity contribution < 1.29 is 9.53 Å². The Morgan fingerprint density at radius 2 is 1.35 bits per heavy atom. The molecule has 1 aliphatic rings. The molecule has 1 saturated carbocycles. The number of hydrogen-bond donors (Lipinski definition) is 0. The highest BCUT2D eigenvalue weighted by atomic mass is 16.5. The topological polar surface area (TPSA) is 26.3 Å². The van der Waals surface area contributed by atoms with Crippen molar-refractivity contribution in [3.8, 4) is 0 Å². The Bertz CT molecular complexity index is 288. The average molecular weight is 325 g/mol. The van der Waals surface area contributed by atoms with Crippen LogP contribution >= 0.6 is 0 Å². The van der Waals surface area contributed by atoms with Crippen LogP contribution < -0.4 is 0 Å². The lowest BCUT2D eigenvalue weighted by molar-refractivity contribution is -0.140.